The Kier molecular flexibility index (Phi) is 3.50. The number of imidazole rings is 1. The van der Waals surface area contributed by atoms with Gasteiger partial charge in [0.2, 0.25) is 0 Å². The summed E-state index contributed by atoms with van der Waals surface area (Å²) in [7, 11) is 2.15. The zero-order valence-corrected chi connectivity index (χ0v) is 15.2. The molecule has 1 N–H and O–H groups in total. The number of benzene rings is 1. The molecule has 1 saturated carbocycles. The Morgan fingerprint density at radius 3 is 2.85 bits per heavy atom. The van der Waals surface area contributed by atoms with E-state index < -0.39 is 0 Å². The zero-order chi connectivity index (χ0) is 17.8. The molecule has 2 aromatic heterocycles. The van der Waals surface area contributed by atoms with Gasteiger partial charge in [-0.15, -0.1) is 0 Å². The molecule has 6 nitrogen and oxygen atoms in total. The van der Waals surface area contributed by atoms with E-state index in [9.17, 15) is 4.79 Å². The van der Waals surface area contributed by atoms with Crippen molar-refractivity contribution in [2.45, 2.75) is 44.7 Å². The van der Waals surface area contributed by atoms with Crippen LogP contribution in [0.25, 0.3) is 10.9 Å². The fraction of sp³-hybridized carbons (Fsp3) is 0.450. The molecule has 134 valence electrons. The third-order valence-electron chi connectivity index (χ3n) is 5.84. The van der Waals surface area contributed by atoms with Crippen molar-refractivity contribution in [1.82, 2.24) is 24.4 Å². The van der Waals surface area contributed by atoms with Crippen LogP contribution in [0, 0.1) is 0 Å². The highest BCUT2D eigenvalue weighted by atomic mass is 16.1. The molecular weight excluding hydrogens is 326 g/mol. The number of hydrogen-bond donors (Lipinski definition) is 1. The van der Waals surface area contributed by atoms with Crippen LogP contribution in [0.5, 0.6) is 0 Å². The van der Waals surface area contributed by atoms with Gasteiger partial charge in [0.15, 0.2) is 0 Å². The second-order valence-corrected chi connectivity index (χ2v) is 7.56. The minimum Gasteiger partial charge on any atom is -0.335 e. The van der Waals surface area contributed by atoms with E-state index in [0.29, 0.717) is 11.3 Å². The second-order valence-electron chi connectivity index (χ2n) is 7.56. The van der Waals surface area contributed by atoms with Gasteiger partial charge in [0.05, 0.1) is 22.6 Å². The molecule has 0 radical (unpaired) electrons. The van der Waals surface area contributed by atoms with E-state index in [1.165, 1.54) is 30.1 Å². The normalized spacial score (nSPS) is 18.8. The summed E-state index contributed by atoms with van der Waals surface area (Å²) in [6.07, 6.45) is 3.53. The quantitative estimate of drug-likeness (QED) is 0.789. The predicted octanol–water partition coefficient (Wildman–Crippen LogP) is 2.65. The number of para-hydroxylation sites is 1. The average Bonchev–Trinajstić information content (AvgIpc) is 3.45. The van der Waals surface area contributed by atoms with Crippen LogP contribution in [0.2, 0.25) is 0 Å². The molecule has 0 spiro atoms. The molecule has 0 bridgehead atoms. The van der Waals surface area contributed by atoms with Crippen molar-refractivity contribution in [3.05, 3.63) is 57.7 Å². The van der Waals surface area contributed by atoms with Crippen molar-refractivity contribution in [3.8, 4) is 0 Å². The molecule has 0 amide bonds. The van der Waals surface area contributed by atoms with Gasteiger partial charge in [0, 0.05) is 38.2 Å². The summed E-state index contributed by atoms with van der Waals surface area (Å²) in [6, 6.07) is 7.55. The van der Waals surface area contributed by atoms with Crippen LogP contribution in [-0.2, 0) is 20.0 Å². The molecule has 1 aliphatic carbocycles. The van der Waals surface area contributed by atoms with Gasteiger partial charge in [-0.2, -0.15) is 0 Å². The van der Waals surface area contributed by atoms with Gasteiger partial charge >= 0.3 is 0 Å². The lowest BCUT2D eigenvalue weighted by Gasteiger charge is -2.31. The molecule has 26 heavy (non-hydrogen) atoms. The number of H-pyrrole nitrogens is 1. The molecule has 1 atom stereocenters. The van der Waals surface area contributed by atoms with Gasteiger partial charge in [-0.3, -0.25) is 9.69 Å². The number of aromatic nitrogens is 4. The lowest BCUT2D eigenvalue weighted by atomic mass is 10.1. The van der Waals surface area contributed by atoms with Gasteiger partial charge in [0.1, 0.15) is 11.6 Å². The van der Waals surface area contributed by atoms with E-state index in [1.54, 1.807) is 0 Å². The fourth-order valence-corrected chi connectivity index (χ4v) is 4.08. The molecule has 6 heteroatoms. The van der Waals surface area contributed by atoms with E-state index in [-0.39, 0.29) is 11.6 Å². The highest BCUT2D eigenvalue weighted by molar-refractivity contribution is 5.77. The lowest BCUT2D eigenvalue weighted by Crippen LogP contribution is -2.35. The maximum atomic E-state index is 12.4. The fourth-order valence-electron chi connectivity index (χ4n) is 4.08. The molecule has 1 aromatic carbocycles. The maximum Gasteiger partial charge on any atom is 0.258 e. The third-order valence-corrected chi connectivity index (χ3v) is 5.84. The minimum absolute atomic E-state index is 0.0480. The van der Waals surface area contributed by atoms with Crippen LogP contribution in [0.15, 0.2) is 29.1 Å². The Balaban J connectivity index is 1.45. The summed E-state index contributed by atoms with van der Waals surface area (Å²) in [5.41, 5.74) is 3.25. The summed E-state index contributed by atoms with van der Waals surface area (Å²) in [4.78, 5) is 27.4. The molecular formula is C20H23N5O. The van der Waals surface area contributed by atoms with Crippen molar-refractivity contribution in [1.29, 1.82) is 0 Å². The number of nitrogens with zero attached hydrogens (tertiary/aromatic N) is 4. The summed E-state index contributed by atoms with van der Waals surface area (Å²) < 4.78 is 2.31. The topological polar surface area (TPSA) is 66.8 Å². The van der Waals surface area contributed by atoms with Crippen molar-refractivity contribution >= 4 is 10.9 Å². The first-order valence-electron chi connectivity index (χ1n) is 9.39. The lowest BCUT2D eigenvalue weighted by molar-refractivity contribution is 0.181. The predicted molar refractivity (Wildman–Crippen MR) is 100 cm³/mol. The van der Waals surface area contributed by atoms with Crippen molar-refractivity contribution in [3.63, 3.8) is 0 Å². The molecule has 0 saturated heterocycles. The number of rotatable bonds is 3. The smallest absolute Gasteiger partial charge is 0.258 e. The Morgan fingerprint density at radius 1 is 1.23 bits per heavy atom. The number of nitrogens with one attached hydrogen (secondary N) is 1. The van der Waals surface area contributed by atoms with Crippen LogP contribution in [0.4, 0.5) is 0 Å². The van der Waals surface area contributed by atoms with E-state index in [2.05, 4.69) is 28.4 Å². The highest BCUT2D eigenvalue weighted by Crippen LogP contribution is 2.40. The molecule has 3 heterocycles. The molecule has 1 aliphatic heterocycles. The standard InChI is InChI=1S/C20H23N5O/c1-12(18-21-15-6-4-3-5-14(15)20(26)23-18)25-10-9-17-16(11-25)22-19(24(17)2)13-7-8-13/h3-6,12-13H,7-11H2,1-2H3,(H,21,23,26). The van der Waals surface area contributed by atoms with Crippen LogP contribution >= 0.6 is 0 Å². The van der Waals surface area contributed by atoms with E-state index in [0.717, 1.165) is 30.9 Å². The van der Waals surface area contributed by atoms with Crippen LogP contribution in [-0.4, -0.2) is 31.0 Å². The number of hydrogen-bond acceptors (Lipinski definition) is 4. The van der Waals surface area contributed by atoms with Crippen LogP contribution in [0.1, 0.15) is 54.8 Å². The van der Waals surface area contributed by atoms with Gasteiger partial charge < -0.3 is 9.55 Å². The highest BCUT2D eigenvalue weighted by Gasteiger charge is 2.33. The molecule has 5 rings (SSSR count). The zero-order valence-electron chi connectivity index (χ0n) is 15.2. The first kappa shape index (κ1) is 15.8. The van der Waals surface area contributed by atoms with Gasteiger partial charge in [-0.25, -0.2) is 9.97 Å². The maximum absolute atomic E-state index is 12.4. The monoisotopic (exact) mass is 349 g/mol. The van der Waals surface area contributed by atoms with Crippen molar-refractivity contribution < 1.29 is 0 Å². The van der Waals surface area contributed by atoms with Crippen molar-refractivity contribution in [2.75, 3.05) is 6.54 Å². The Bertz CT molecular complexity index is 1050. The summed E-state index contributed by atoms with van der Waals surface area (Å²) in [5.74, 6) is 2.65. The average molecular weight is 349 g/mol. The van der Waals surface area contributed by atoms with Crippen LogP contribution < -0.4 is 5.56 Å². The summed E-state index contributed by atoms with van der Waals surface area (Å²) in [5, 5.41) is 0.642. The molecule has 3 aromatic rings. The SMILES string of the molecule is CC(c1nc2ccccc2c(=O)[nH]1)N1CCc2c(nc(C3CC3)n2C)C1. The molecule has 1 unspecified atom stereocenters. The van der Waals surface area contributed by atoms with E-state index in [1.807, 2.05) is 24.3 Å². The Labute approximate surface area is 151 Å². The Hall–Kier alpha value is -2.47. The summed E-state index contributed by atoms with van der Waals surface area (Å²) in [6.45, 7) is 3.88. The largest absolute Gasteiger partial charge is 0.335 e. The van der Waals surface area contributed by atoms with Gasteiger partial charge in [-0.05, 0) is 31.9 Å². The van der Waals surface area contributed by atoms with Gasteiger partial charge in [-0.1, -0.05) is 12.1 Å². The molecule has 2 aliphatic rings. The first-order valence-corrected chi connectivity index (χ1v) is 9.39. The first-order chi connectivity index (χ1) is 12.6. The van der Waals surface area contributed by atoms with Crippen molar-refractivity contribution in [2.24, 2.45) is 7.05 Å². The van der Waals surface area contributed by atoms with E-state index >= 15 is 0 Å². The summed E-state index contributed by atoms with van der Waals surface area (Å²) >= 11 is 0. The number of fused-ring (bicyclic) bond motifs is 2. The molecule has 1 fully saturated rings. The van der Waals surface area contributed by atoms with E-state index in [4.69, 9.17) is 9.97 Å². The number of aromatic amines is 1. The second kappa shape index (κ2) is 5.77. The van der Waals surface area contributed by atoms with Crippen LogP contribution in [0.3, 0.4) is 0 Å². The third kappa shape index (κ3) is 2.48. The minimum atomic E-state index is -0.0657. The Morgan fingerprint density at radius 2 is 2.04 bits per heavy atom. The van der Waals surface area contributed by atoms with Gasteiger partial charge in [0.25, 0.3) is 5.56 Å².